The maximum Gasteiger partial charge on any atom is 6.00 e. The molecule has 0 N–H and O–H groups in total. The molecule has 0 aliphatic rings. The normalized spacial score (nSPS) is 0. The van der Waals surface area contributed by atoms with Crippen molar-refractivity contribution >= 4 is 49.9 Å². The number of hydrogen-bond acceptors (Lipinski definition) is 0. The van der Waals surface area contributed by atoms with E-state index in [2.05, 4.69) is 0 Å². The van der Waals surface area contributed by atoms with Crippen LogP contribution in [0, 0.1) is 0 Å². The molecule has 0 spiro atoms. The van der Waals surface area contributed by atoms with E-state index < -0.39 is 0 Å². The monoisotopic (exact) mass is 640 g/mol. The van der Waals surface area contributed by atoms with Gasteiger partial charge in [-0.2, -0.15) is 0 Å². The summed E-state index contributed by atoms with van der Waals surface area (Å²) >= 11 is 0. The average molecular weight is 639 g/mol. The first-order chi connectivity index (χ1) is 0. The van der Waals surface area contributed by atoms with E-state index in [0.29, 0.717) is 0 Å². The predicted octanol–water partition coefficient (Wildman–Crippen LogP) is -2.46. The Hall–Kier alpha value is 2.86. The summed E-state index contributed by atoms with van der Waals surface area (Å²) in [5, 5.41) is 0. The van der Waals surface area contributed by atoms with Crippen molar-refractivity contribution < 1.29 is 57.0 Å². The first-order valence-corrected chi connectivity index (χ1v) is 0. The molecule has 0 aliphatic carbocycles. The van der Waals surface area contributed by atoms with E-state index >= 15 is 0 Å². The molecular weight excluding hydrogens is 634 g/mol. The van der Waals surface area contributed by atoms with Gasteiger partial charge in [0.15, 0.2) is 0 Å². The number of hydrogen-bond donors (Lipinski definition) is 0. The standard InChI is InChI=1S/Bi.3O.H2Te.W.Zn.3H/h;;;;1H2;;;;;/q;3*-2;;+6;;;;. The molecule has 7 heavy (non-hydrogen) atoms. The third-order valence-corrected chi connectivity index (χ3v) is 0. The van der Waals surface area contributed by atoms with Gasteiger partial charge in [0.1, 0.15) is 0 Å². The van der Waals surface area contributed by atoms with Crippen molar-refractivity contribution in [2.45, 2.75) is 0 Å². The Balaban J connectivity index is 0. The SMILES string of the molecule is [BiH3].[O-2].[O-2].[O-2].[TeH2].[W+6].[Zn]. The van der Waals surface area contributed by atoms with Gasteiger partial charge >= 0.3 is 70.9 Å². The van der Waals surface area contributed by atoms with Crippen LogP contribution in [0.1, 0.15) is 0 Å². The second-order valence-corrected chi connectivity index (χ2v) is 0. The zero-order chi connectivity index (χ0) is 0. The van der Waals surface area contributed by atoms with Gasteiger partial charge in [0.2, 0.25) is 0 Å². The Bertz CT molecular complexity index is 14.9. The Morgan fingerprint density at radius 3 is 0.714 bits per heavy atom. The van der Waals surface area contributed by atoms with E-state index in [-0.39, 0.29) is 107 Å². The van der Waals surface area contributed by atoms with Crippen molar-refractivity contribution in [1.82, 2.24) is 0 Å². The predicted molar refractivity (Wildman–Crippen MR) is 20.5 cm³/mol. The van der Waals surface area contributed by atoms with Crippen molar-refractivity contribution in [3.05, 3.63) is 0 Å². The molecule has 7 heteroatoms. The zero-order valence-electron chi connectivity index (χ0n) is 3.55. The van der Waals surface area contributed by atoms with Gasteiger partial charge in [0.05, 0.1) is 0 Å². The van der Waals surface area contributed by atoms with Crippen molar-refractivity contribution in [3.8, 4) is 0 Å². The van der Waals surface area contributed by atoms with Crippen LogP contribution in [0.25, 0.3) is 0 Å². The smallest absolute Gasteiger partial charge is 0 e. The molecule has 0 rings (SSSR count). The molecule has 0 atom stereocenters. The van der Waals surface area contributed by atoms with Crippen LogP contribution in [0.4, 0.5) is 0 Å². The van der Waals surface area contributed by atoms with Crippen LogP contribution in [0.3, 0.4) is 0 Å². The first-order valence-electron chi connectivity index (χ1n) is 0. The van der Waals surface area contributed by atoms with Gasteiger partial charge in [0.25, 0.3) is 0 Å². The fourth-order valence-electron chi connectivity index (χ4n) is 0. The van der Waals surface area contributed by atoms with Crippen molar-refractivity contribution in [1.29, 1.82) is 0 Å². The molecule has 0 bridgehead atoms. The van der Waals surface area contributed by atoms with Gasteiger partial charge in [0, 0.05) is 19.5 Å². The quantitative estimate of drug-likeness (QED) is 0.264. The summed E-state index contributed by atoms with van der Waals surface area (Å²) in [7, 11) is 0. The summed E-state index contributed by atoms with van der Waals surface area (Å²) in [5.41, 5.74) is 0. The second kappa shape index (κ2) is 66.8. The van der Waals surface area contributed by atoms with Crippen LogP contribution in [0.2, 0.25) is 0 Å². The molecule has 0 aromatic heterocycles. The van der Waals surface area contributed by atoms with Gasteiger partial charge in [-0.1, -0.05) is 0 Å². The van der Waals surface area contributed by atoms with Crippen molar-refractivity contribution in [2.24, 2.45) is 0 Å². The van der Waals surface area contributed by atoms with Gasteiger partial charge in [-0.25, -0.2) is 0 Å². The maximum absolute atomic E-state index is 0. The molecular formula is H5BiO3TeWZn. The summed E-state index contributed by atoms with van der Waals surface area (Å²) in [6.07, 6.45) is 0. The topological polar surface area (TPSA) is 85.5 Å². The number of rotatable bonds is 0. The fraction of sp³-hybridized carbons (Fsp3) is 0. The van der Waals surface area contributed by atoms with Crippen LogP contribution in [0.15, 0.2) is 0 Å². The molecule has 0 radical (unpaired) electrons. The minimum Gasteiger partial charge on any atom is 0 e. The van der Waals surface area contributed by atoms with Crippen molar-refractivity contribution in [3.63, 3.8) is 0 Å². The molecule has 42 valence electrons. The Morgan fingerprint density at radius 2 is 0.714 bits per heavy atom. The summed E-state index contributed by atoms with van der Waals surface area (Å²) in [4.78, 5) is 0. The Labute approximate surface area is 105 Å². The van der Waals surface area contributed by atoms with Crippen LogP contribution < -0.4 is 0 Å². The van der Waals surface area contributed by atoms with Crippen LogP contribution >= 0.6 is 0 Å². The molecule has 0 aromatic rings. The first kappa shape index (κ1) is 94.5. The van der Waals surface area contributed by atoms with Gasteiger partial charge in [-0.15, -0.1) is 0 Å². The molecule has 0 heterocycles. The molecule has 3 nitrogen and oxygen atoms in total. The molecule has 0 saturated heterocycles. The Kier molecular flexibility index (Phi) is 902. The van der Waals surface area contributed by atoms with E-state index in [9.17, 15) is 0 Å². The molecule has 0 unspecified atom stereocenters. The fourth-order valence-corrected chi connectivity index (χ4v) is 0. The maximum atomic E-state index is 0. The van der Waals surface area contributed by atoms with E-state index in [0.717, 1.165) is 0 Å². The largest absolute Gasteiger partial charge is 6.00 e. The minimum absolute atomic E-state index is 0. The van der Waals surface area contributed by atoms with Gasteiger partial charge in [-0.3, -0.25) is 0 Å². The van der Waals surface area contributed by atoms with E-state index in [4.69, 9.17) is 0 Å². The third kappa shape index (κ3) is 50.9. The summed E-state index contributed by atoms with van der Waals surface area (Å²) in [6.45, 7) is 0. The van der Waals surface area contributed by atoms with Crippen LogP contribution in [-0.4, -0.2) is 49.9 Å². The van der Waals surface area contributed by atoms with Crippen LogP contribution in [0.5, 0.6) is 0 Å². The third-order valence-electron chi connectivity index (χ3n) is 0. The molecule has 0 aliphatic heterocycles. The summed E-state index contributed by atoms with van der Waals surface area (Å²) < 4.78 is 0. The average Bonchev–Trinajstić information content (AvgIpc) is 0. The minimum atomic E-state index is 0. The summed E-state index contributed by atoms with van der Waals surface area (Å²) in [6, 6.07) is 0. The van der Waals surface area contributed by atoms with E-state index in [1.54, 1.807) is 0 Å². The van der Waals surface area contributed by atoms with Crippen LogP contribution in [-0.2, 0) is 57.0 Å². The van der Waals surface area contributed by atoms with Gasteiger partial charge < -0.3 is 16.4 Å². The summed E-state index contributed by atoms with van der Waals surface area (Å²) in [5.74, 6) is 0. The van der Waals surface area contributed by atoms with E-state index in [1.165, 1.54) is 0 Å². The molecule has 0 amide bonds. The molecule has 0 aromatic carbocycles. The second-order valence-electron chi connectivity index (χ2n) is 0. The van der Waals surface area contributed by atoms with Gasteiger partial charge in [-0.05, 0) is 0 Å². The Morgan fingerprint density at radius 1 is 0.714 bits per heavy atom. The zero-order valence-corrected chi connectivity index (χ0v) is 17.8. The van der Waals surface area contributed by atoms with E-state index in [1.807, 2.05) is 0 Å². The van der Waals surface area contributed by atoms with Crippen molar-refractivity contribution in [2.75, 3.05) is 0 Å². The molecule has 0 saturated carbocycles. The molecule has 0 fully saturated rings.